The molecule has 1 aliphatic heterocycles. The highest BCUT2D eigenvalue weighted by Crippen LogP contribution is 2.37. The third-order valence-corrected chi connectivity index (χ3v) is 6.12. The number of hydrogen-bond acceptors (Lipinski definition) is 5. The lowest BCUT2D eigenvalue weighted by Crippen LogP contribution is -2.43. The SMILES string of the molecule is COc1ccc(C(C)(C)C(=O)N2CCC[C@H]2c2cccc(Nc3cccc(C)n3)n2)cc1. The van der Waals surface area contributed by atoms with Crippen LogP contribution in [-0.4, -0.2) is 34.4 Å². The summed E-state index contributed by atoms with van der Waals surface area (Å²) in [6.07, 6.45) is 1.87. The summed E-state index contributed by atoms with van der Waals surface area (Å²) in [7, 11) is 1.64. The summed E-state index contributed by atoms with van der Waals surface area (Å²) in [4.78, 5) is 25.0. The summed E-state index contributed by atoms with van der Waals surface area (Å²) < 4.78 is 5.26. The molecule has 6 heteroatoms. The zero-order valence-corrected chi connectivity index (χ0v) is 19.1. The van der Waals surface area contributed by atoms with Crippen molar-refractivity contribution in [2.75, 3.05) is 19.0 Å². The molecular weight excluding hydrogens is 400 g/mol. The molecule has 1 saturated heterocycles. The highest BCUT2D eigenvalue weighted by atomic mass is 16.5. The van der Waals surface area contributed by atoms with Gasteiger partial charge in [-0.25, -0.2) is 9.97 Å². The highest BCUT2D eigenvalue weighted by molar-refractivity contribution is 5.88. The number of carbonyl (C=O) groups is 1. The van der Waals surface area contributed by atoms with Gasteiger partial charge in [-0.1, -0.05) is 24.3 Å². The topological polar surface area (TPSA) is 67.3 Å². The fraction of sp³-hybridized carbons (Fsp3) is 0.346. The molecule has 1 N–H and O–H groups in total. The highest BCUT2D eigenvalue weighted by Gasteiger charge is 2.39. The molecule has 0 aliphatic carbocycles. The van der Waals surface area contributed by atoms with E-state index in [1.54, 1.807) is 7.11 Å². The van der Waals surface area contributed by atoms with Crippen molar-refractivity contribution in [2.45, 2.75) is 45.1 Å². The number of ether oxygens (including phenoxy) is 1. The molecule has 1 fully saturated rings. The standard InChI is InChI=1S/C26H30N4O2/c1-18-8-5-11-23(27-18)29-24-12-6-9-21(28-24)22-10-7-17-30(22)25(31)26(2,3)19-13-15-20(32-4)16-14-19/h5-6,8-9,11-16,22H,7,10,17H2,1-4H3,(H,27,28,29)/t22-/m0/s1. The van der Waals surface area contributed by atoms with Crippen LogP contribution in [0.5, 0.6) is 5.75 Å². The van der Waals surface area contributed by atoms with Crippen molar-refractivity contribution in [2.24, 2.45) is 0 Å². The number of anilines is 2. The van der Waals surface area contributed by atoms with Gasteiger partial charge in [-0.15, -0.1) is 0 Å². The maximum absolute atomic E-state index is 13.7. The number of aryl methyl sites for hydroxylation is 1. The summed E-state index contributed by atoms with van der Waals surface area (Å²) in [5.74, 6) is 2.39. The van der Waals surface area contributed by atoms with E-state index >= 15 is 0 Å². The van der Waals surface area contributed by atoms with Crippen molar-refractivity contribution >= 4 is 17.5 Å². The molecule has 32 heavy (non-hydrogen) atoms. The summed E-state index contributed by atoms with van der Waals surface area (Å²) >= 11 is 0. The van der Waals surface area contributed by atoms with Gasteiger partial charge < -0.3 is 15.0 Å². The first-order valence-corrected chi connectivity index (χ1v) is 11.0. The van der Waals surface area contributed by atoms with Crippen molar-refractivity contribution < 1.29 is 9.53 Å². The van der Waals surface area contributed by atoms with Crippen LogP contribution in [0.25, 0.3) is 0 Å². The Morgan fingerprint density at radius 3 is 2.41 bits per heavy atom. The van der Waals surface area contributed by atoms with Gasteiger partial charge in [-0.05, 0) is 75.6 Å². The Balaban J connectivity index is 1.55. The number of pyridine rings is 2. The number of hydrogen-bond donors (Lipinski definition) is 1. The van der Waals surface area contributed by atoms with E-state index in [1.807, 2.05) is 86.3 Å². The molecule has 1 amide bonds. The quantitative estimate of drug-likeness (QED) is 0.584. The van der Waals surface area contributed by atoms with Crippen LogP contribution in [0, 0.1) is 6.92 Å². The van der Waals surface area contributed by atoms with Gasteiger partial charge in [0.15, 0.2) is 0 Å². The van der Waals surface area contributed by atoms with Gasteiger partial charge in [-0.3, -0.25) is 4.79 Å². The number of benzene rings is 1. The van der Waals surface area contributed by atoms with Crippen LogP contribution in [0.15, 0.2) is 60.7 Å². The lowest BCUT2D eigenvalue weighted by molar-refractivity contribution is -0.137. The molecule has 0 saturated carbocycles. The van der Waals surface area contributed by atoms with Crippen LogP contribution < -0.4 is 10.1 Å². The fourth-order valence-electron chi connectivity index (χ4n) is 4.26. The van der Waals surface area contributed by atoms with E-state index in [2.05, 4.69) is 10.3 Å². The smallest absolute Gasteiger partial charge is 0.233 e. The molecule has 6 nitrogen and oxygen atoms in total. The Labute approximate surface area is 189 Å². The van der Waals surface area contributed by atoms with Gasteiger partial charge in [0.2, 0.25) is 5.91 Å². The number of nitrogens with zero attached hydrogens (tertiary/aromatic N) is 3. The lowest BCUT2D eigenvalue weighted by Gasteiger charge is -2.33. The molecule has 1 aromatic carbocycles. The van der Waals surface area contributed by atoms with Gasteiger partial charge in [0.05, 0.1) is 24.3 Å². The first-order valence-electron chi connectivity index (χ1n) is 11.0. The Morgan fingerprint density at radius 2 is 1.72 bits per heavy atom. The minimum atomic E-state index is -0.643. The molecule has 0 spiro atoms. The third kappa shape index (κ3) is 4.44. The van der Waals surface area contributed by atoms with Crippen LogP contribution in [0.2, 0.25) is 0 Å². The normalized spacial score (nSPS) is 16.1. The molecule has 166 valence electrons. The van der Waals surface area contributed by atoms with E-state index in [0.717, 1.165) is 53.7 Å². The van der Waals surface area contributed by atoms with E-state index < -0.39 is 5.41 Å². The second-order valence-electron chi connectivity index (χ2n) is 8.75. The van der Waals surface area contributed by atoms with Crippen molar-refractivity contribution in [3.8, 4) is 5.75 Å². The van der Waals surface area contributed by atoms with Gasteiger partial charge in [-0.2, -0.15) is 0 Å². The molecule has 4 rings (SSSR count). The zero-order valence-electron chi connectivity index (χ0n) is 19.1. The molecular formula is C26H30N4O2. The third-order valence-electron chi connectivity index (χ3n) is 6.12. The minimum Gasteiger partial charge on any atom is -0.497 e. The molecule has 0 radical (unpaired) electrons. The summed E-state index contributed by atoms with van der Waals surface area (Å²) in [5.41, 5.74) is 2.18. The van der Waals surface area contributed by atoms with Crippen LogP contribution in [-0.2, 0) is 10.2 Å². The van der Waals surface area contributed by atoms with E-state index in [1.165, 1.54) is 0 Å². The number of likely N-dealkylation sites (tertiary alicyclic amines) is 1. The molecule has 0 bridgehead atoms. The average Bonchev–Trinajstić information content (AvgIpc) is 3.28. The second-order valence-corrected chi connectivity index (χ2v) is 8.75. The number of nitrogens with one attached hydrogen (secondary N) is 1. The Bertz CT molecular complexity index is 1090. The molecule has 2 aromatic heterocycles. The van der Waals surface area contributed by atoms with Crippen LogP contribution >= 0.6 is 0 Å². The van der Waals surface area contributed by atoms with E-state index in [4.69, 9.17) is 9.72 Å². The summed E-state index contributed by atoms with van der Waals surface area (Å²) in [6.45, 7) is 6.67. The molecule has 3 aromatic rings. The number of rotatable bonds is 6. The summed E-state index contributed by atoms with van der Waals surface area (Å²) in [6, 6.07) is 19.5. The van der Waals surface area contributed by atoms with E-state index in [-0.39, 0.29) is 11.9 Å². The van der Waals surface area contributed by atoms with Crippen molar-refractivity contribution in [3.05, 3.63) is 77.6 Å². The van der Waals surface area contributed by atoms with Crippen molar-refractivity contribution in [1.82, 2.24) is 14.9 Å². The maximum atomic E-state index is 13.7. The van der Waals surface area contributed by atoms with Crippen LogP contribution in [0.1, 0.15) is 49.7 Å². The molecule has 1 atom stereocenters. The Hall–Kier alpha value is -3.41. The minimum absolute atomic E-state index is 0.0350. The predicted octanol–water partition coefficient (Wildman–Crippen LogP) is 5.18. The first-order chi connectivity index (χ1) is 15.4. The van der Waals surface area contributed by atoms with Crippen molar-refractivity contribution in [3.63, 3.8) is 0 Å². The Kier molecular flexibility index (Phi) is 6.12. The van der Waals surface area contributed by atoms with Crippen molar-refractivity contribution in [1.29, 1.82) is 0 Å². The van der Waals surface area contributed by atoms with Gasteiger partial charge in [0.25, 0.3) is 0 Å². The van der Waals surface area contributed by atoms with Crippen LogP contribution in [0.3, 0.4) is 0 Å². The lowest BCUT2D eigenvalue weighted by atomic mass is 9.83. The van der Waals surface area contributed by atoms with E-state index in [0.29, 0.717) is 0 Å². The Morgan fingerprint density at radius 1 is 1.03 bits per heavy atom. The average molecular weight is 431 g/mol. The van der Waals surface area contributed by atoms with Crippen LogP contribution in [0.4, 0.5) is 11.6 Å². The number of aromatic nitrogens is 2. The zero-order chi connectivity index (χ0) is 22.7. The number of carbonyl (C=O) groups excluding carboxylic acids is 1. The first kappa shape index (κ1) is 21.8. The number of methoxy groups -OCH3 is 1. The maximum Gasteiger partial charge on any atom is 0.233 e. The monoisotopic (exact) mass is 430 g/mol. The second kappa shape index (κ2) is 8.99. The molecule has 1 aliphatic rings. The largest absolute Gasteiger partial charge is 0.497 e. The van der Waals surface area contributed by atoms with Gasteiger partial charge in [0.1, 0.15) is 17.4 Å². The molecule has 0 unspecified atom stereocenters. The van der Waals surface area contributed by atoms with Gasteiger partial charge in [0, 0.05) is 12.2 Å². The number of amides is 1. The van der Waals surface area contributed by atoms with Gasteiger partial charge >= 0.3 is 0 Å². The van der Waals surface area contributed by atoms with E-state index in [9.17, 15) is 4.79 Å². The fourth-order valence-corrected chi connectivity index (χ4v) is 4.26. The molecule has 3 heterocycles. The summed E-state index contributed by atoms with van der Waals surface area (Å²) in [5, 5.41) is 3.28. The predicted molar refractivity (Wildman–Crippen MR) is 126 cm³/mol.